The minimum absolute atomic E-state index is 0.0299. The van der Waals surface area contributed by atoms with Crippen LogP contribution >= 0.6 is 23.2 Å². The average molecular weight is 341 g/mol. The molecule has 0 radical (unpaired) electrons. The largest absolute Gasteiger partial charge is 0.394 e. The molecule has 0 aliphatic carbocycles. The zero-order chi connectivity index (χ0) is 14.9. The Kier molecular flexibility index (Phi) is 4.88. The molecule has 2 rings (SSSR count). The minimum Gasteiger partial charge on any atom is -0.394 e. The van der Waals surface area contributed by atoms with Gasteiger partial charge in [0.1, 0.15) is 10.0 Å². The van der Waals surface area contributed by atoms with E-state index in [4.69, 9.17) is 33.0 Å². The first-order valence-corrected chi connectivity index (χ1v) is 8.11. The van der Waals surface area contributed by atoms with Crippen molar-refractivity contribution in [3.8, 4) is 0 Å². The van der Waals surface area contributed by atoms with Gasteiger partial charge in [-0.3, -0.25) is 0 Å². The lowest BCUT2D eigenvalue weighted by atomic mass is 10.2. The Labute approximate surface area is 127 Å². The van der Waals surface area contributed by atoms with Crippen LogP contribution in [0.3, 0.4) is 0 Å². The molecule has 2 atom stereocenters. The van der Waals surface area contributed by atoms with Crippen molar-refractivity contribution in [3.63, 3.8) is 0 Å². The predicted octanol–water partition coefficient (Wildman–Crippen LogP) is 1.16. The number of morpholine rings is 1. The molecule has 9 heteroatoms. The number of ether oxygens (including phenoxy) is 1. The maximum Gasteiger partial charge on any atom is 0.244 e. The van der Waals surface area contributed by atoms with Crippen LogP contribution in [-0.4, -0.2) is 54.7 Å². The van der Waals surface area contributed by atoms with E-state index in [0.717, 1.165) is 6.20 Å². The van der Waals surface area contributed by atoms with Gasteiger partial charge in [-0.1, -0.05) is 23.2 Å². The molecule has 1 aromatic heterocycles. The van der Waals surface area contributed by atoms with Crippen molar-refractivity contribution in [3.05, 3.63) is 22.4 Å². The second-order valence-corrected chi connectivity index (χ2v) is 7.22. The molecule has 112 valence electrons. The highest BCUT2D eigenvalue weighted by Crippen LogP contribution is 2.26. The summed E-state index contributed by atoms with van der Waals surface area (Å²) in [5, 5.41) is 9.27. The minimum atomic E-state index is -3.74. The van der Waals surface area contributed by atoms with Gasteiger partial charge in [0.2, 0.25) is 10.0 Å². The molecule has 1 fully saturated rings. The van der Waals surface area contributed by atoms with E-state index in [1.165, 1.54) is 10.4 Å². The van der Waals surface area contributed by atoms with Gasteiger partial charge in [0, 0.05) is 19.3 Å². The van der Waals surface area contributed by atoms with Crippen molar-refractivity contribution in [1.29, 1.82) is 0 Å². The first kappa shape index (κ1) is 15.9. The summed E-state index contributed by atoms with van der Waals surface area (Å²) in [6.07, 6.45) is 0.327. The lowest BCUT2D eigenvalue weighted by Crippen LogP contribution is -2.50. The zero-order valence-electron chi connectivity index (χ0n) is 10.7. The van der Waals surface area contributed by atoms with Gasteiger partial charge >= 0.3 is 0 Å². The van der Waals surface area contributed by atoms with Crippen molar-refractivity contribution in [2.45, 2.75) is 24.0 Å². The third-order valence-electron chi connectivity index (χ3n) is 2.91. The predicted molar refractivity (Wildman–Crippen MR) is 74.4 cm³/mol. The molecule has 1 aliphatic rings. The van der Waals surface area contributed by atoms with Crippen LogP contribution in [0.1, 0.15) is 6.92 Å². The maximum absolute atomic E-state index is 12.5. The molecular formula is C11H14Cl2N2O4S. The van der Waals surface area contributed by atoms with Crippen LogP contribution in [-0.2, 0) is 14.8 Å². The fourth-order valence-corrected chi connectivity index (χ4v) is 3.85. The highest BCUT2D eigenvalue weighted by atomic mass is 35.5. The molecule has 6 nitrogen and oxygen atoms in total. The number of nitrogens with zero attached hydrogens (tertiary/aromatic N) is 2. The quantitative estimate of drug-likeness (QED) is 0.835. The Balaban J connectivity index is 2.31. The summed E-state index contributed by atoms with van der Waals surface area (Å²) < 4.78 is 31.7. The Bertz CT molecular complexity index is 596. The summed E-state index contributed by atoms with van der Waals surface area (Å²) >= 11 is 11.5. The summed E-state index contributed by atoms with van der Waals surface area (Å²) in [5.74, 6) is 0. The summed E-state index contributed by atoms with van der Waals surface area (Å²) in [6.45, 7) is 1.80. The average Bonchev–Trinajstić information content (AvgIpc) is 2.41. The highest BCUT2D eigenvalue weighted by molar-refractivity contribution is 7.89. The van der Waals surface area contributed by atoms with E-state index < -0.39 is 16.1 Å². The van der Waals surface area contributed by atoms with Crippen LogP contribution in [0.2, 0.25) is 10.2 Å². The van der Waals surface area contributed by atoms with Gasteiger partial charge in [0.15, 0.2) is 0 Å². The number of aliphatic hydroxyl groups excluding tert-OH is 1. The lowest BCUT2D eigenvalue weighted by molar-refractivity contribution is -0.0750. The van der Waals surface area contributed by atoms with Gasteiger partial charge in [-0.05, 0) is 13.0 Å². The van der Waals surface area contributed by atoms with E-state index in [-0.39, 0.29) is 40.9 Å². The molecular weight excluding hydrogens is 327 g/mol. The second-order valence-electron chi connectivity index (χ2n) is 4.52. The Morgan fingerprint density at radius 3 is 2.80 bits per heavy atom. The van der Waals surface area contributed by atoms with Crippen molar-refractivity contribution in [2.75, 3.05) is 19.7 Å². The van der Waals surface area contributed by atoms with E-state index in [1.807, 2.05) is 0 Å². The fraction of sp³-hybridized carbons (Fsp3) is 0.545. The number of sulfonamides is 1. The molecule has 0 amide bonds. The highest BCUT2D eigenvalue weighted by Gasteiger charge is 2.34. The number of pyridine rings is 1. The van der Waals surface area contributed by atoms with E-state index >= 15 is 0 Å². The fourth-order valence-electron chi connectivity index (χ4n) is 1.99. The van der Waals surface area contributed by atoms with Gasteiger partial charge in [-0.2, -0.15) is 4.31 Å². The van der Waals surface area contributed by atoms with Crippen LogP contribution in [0.4, 0.5) is 0 Å². The van der Waals surface area contributed by atoms with Crippen molar-refractivity contribution >= 4 is 33.2 Å². The standard InChI is InChI=1S/C11H14Cl2N2O4S/c1-7-4-15(5-8(6-16)19-7)20(17,18)9-2-10(12)11(13)14-3-9/h2-3,7-8,16H,4-6H2,1H3. The van der Waals surface area contributed by atoms with Crippen molar-refractivity contribution in [1.82, 2.24) is 9.29 Å². The van der Waals surface area contributed by atoms with E-state index in [9.17, 15) is 8.42 Å². The molecule has 0 spiro atoms. The van der Waals surface area contributed by atoms with E-state index in [2.05, 4.69) is 4.98 Å². The monoisotopic (exact) mass is 340 g/mol. The summed E-state index contributed by atoms with van der Waals surface area (Å²) in [6, 6.07) is 1.26. The number of rotatable bonds is 3. The van der Waals surface area contributed by atoms with Crippen LogP contribution < -0.4 is 0 Å². The number of hydrogen-bond donors (Lipinski definition) is 1. The first-order valence-electron chi connectivity index (χ1n) is 5.92. The van der Waals surface area contributed by atoms with Crippen LogP contribution in [0.25, 0.3) is 0 Å². The number of aromatic nitrogens is 1. The molecule has 2 unspecified atom stereocenters. The van der Waals surface area contributed by atoms with Crippen molar-refractivity contribution < 1.29 is 18.3 Å². The van der Waals surface area contributed by atoms with Gasteiger partial charge < -0.3 is 9.84 Å². The molecule has 0 aromatic carbocycles. The molecule has 1 aromatic rings. The van der Waals surface area contributed by atoms with Crippen molar-refractivity contribution in [2.24, 2.45) is 0 Å². The Hall–Kier alpha value is -0.440. The smallest absolute Gasteiger partial charge is 0.244 e. The Morgan fingerprint density at radius 1 is 1.50 bits per heavy atom. The van der Waals surface area contributed by atoms with E-state index in [1.54, 1.807) is 6.92 Å². The molecule has 0 saturated carbocycles. The molecule has 1 saturated heterocycles. The van der Waals surface area contributed by atoms with Gasteiger partial charge in [0.05, 0.1) is 23.8 Å². The van der Waals surface area contributed by atoms with Crippen LogP contribution in [0.5, 0.6) is 0 Å². The Morgan fingerprint density at radius 2 is 2.20 bits per heavy atom. The molecule has 1 aliphatic heterocycles. The third-order valence-corrected chi connectivity index (χ3v) is 5.39. The lowest BCUT2D eigenvalue weighted by Gasteiger charge is -2.35. The topological polar surface area (TPSA) is 79.7 Å². The third kappa shape index (κ3) is 3.24. The van der Waals surface area contributed by atoms with Gasteiger partial charge in [0.25, 0.3) is 0 Å². The summed E-state index contributed by atoms with van der Waals surface area (Å²) in [5.41, 5.74) is 0. The number of aliphatic hydroxyl groups is 1. The zero-order valence-corrected chi connectivity index (χ0v) is 13.0. The van der Waals surface area contributed by atoms with Gasteiger partial charge in [-0.15, -0.1) is 0 Å². The molecule has 1 N–H and O–H groups in total. The normalized spacial score (nSPS) is 24.8. The second kappa shape index (κ2) is 6.13. The SMILES string of the molecule is CC1CN(S(=O)(=O)c2cnc(Cl)c(Cl)c2)CC(CO)O1. The van der Waals surface area contributed by atoms with E-state index in [0.29, 0.717) is 0 Å². The summed E-state index contributed by atoms with van der Waals surface area (Å²) in [4.78, 5) is 3.72. The molecule has 2 heterocycles. The number of hydrogen-bond acceptors (Lipinski definition) is 5. The summed E-state index contributed by atoms with van der Waals surface area (Å²) in [7, 11) is -3.74. The van der Waals surface area contributed by atoms with Crippen LogP contribution in [0, 0.1) is 0 Å². The number of halogens is 2. The first-order chi connectivity index (χ1) is 9.34. The van der Waals surface area contributed by atoms with Gasteiger partial charge in [-0.25, -0.2) is 13.4 Å². The maximum atomic E-state index is 12.5. The molecule has 0 bridgehead atoms. The van der Waals surface area contributed by atoms with Crippen LogP contribution in [0.15, 0.2) is 17.2 Å². The molecule has 20 heavy (non-hydrogen) atoms.